The van der Waals surface area contributed by atoms with E-state index < -0.39 is 5.97 Å². The molecule has 0 saturated heterocycles. The third kappa shape index (κ3) is 7.92. The second-order valence-corrected chi connectivity index (χ2v) is 3.23. The molecule has 1 heterocycles. The number of carboxylic acids is 1. The van der Waals surface area contributed by atoms with Crippen molar-refractivity contribution in [2.75, 3.05) is 0 Å². The number of nitrogens with two attached hydrogens (primary N) is 1. The number of carboxylic acid groups (broad SMARTS) is 1. The number of nitrogens with zero attached hydrogens (tertiary/aromatic N) is 2. The first kappa shape index (κ1) is 15.0. The third-order valence-electron chi connectivity index (χ3n) is 1.45. The van der Waals surface area contributed by atoms with Gasteiger partial charge in [0.1, 0.15) is 0 Å². The van der Waals surface area contributed by atoms with E-state index in [2.05, 4.69) is 16.8 Å². The van der Waals surface area contributed by atoms with E-state index in [1.165, 1.54) is 12.1 Å². The minimum atomic E-state index is -1.11. The molecule has 0 radical (unpaired) electrons. The molecule has 0 aromatic carbocycles. The van der Waals surface area contributed by atoms with Gasteiger partial charge < -0.3 is 10.8 Å². The van der Waals surface area contributed by atoms with Crippen LogP contribution in [-0.4, -0.2) is 27.2 Å². The molecule has 1 aromatic heterocycles. The van der Waals surface area contributed by atoms with E-state index in [1.54, 1.807) is 6.08 Å². The van der Waals surface area contributed by atoms with Gasteiger partial charge in [-0.05, 0) is 18.6 Å². The topological polar surface area (TPSA) is 106 Å². The third-order valence-corrected chi connectivity index (χ3v) is 1.65. The molecule has 0 saturated carbocycles. The summed E-state index contributed by atoms with van der Waals surface area (Å²) in [6.07, 6.45) is 2.78. The van der Waals surface area contributed by atoms with E-state index in [1.807, 2.05) is 0 Å². The predicted octanol–water partition coefficient (Wildman–Crippen LogP) is 1.27. The van der Waals surface area contributed by atoms with Gasteiger partial charge in [0.15, 0.2) is 10.8 Å². The number of hydrogen-bond acceptors (Lipinski definition) is 4. The van der Waals surface area contributed by atoms with Crippen LogP contribution in [0.15, 0.2) is 24.8 Å². The highest BCUT2D eigenvalue weighted by atomic mass is 35.5. The molecule has 3 N–H and O–H groups in total. The lowest BCUT2D eigenvalue weighted by Gasteiger charge is -1.89. The van der Waals surface area contributed by atoms with Crippen molar-refractivity contribution in [3.8, 4) is 0 Å². The number of hydrogen-bond donors (Lipinski definition) is 2. The minimum absolute atomic E-state index is 0.107. The standard InChI is InChI=1S/C5H3ClN2O2.C5H9NO/c6-4-2-1-3(5(9)10)7-8-4;1-2-3-4-5(6)7/h1-2H,(H,9,10);2H,1,3-4H2,(H2,6,7). The molecular formula is C10H12ClN3O3. The molecule has 0 aliphatic carbocycles. The van der Waals surface area contributed by atoms with Crippen molar-refractivity contribution in [2.45, 2.75) is 12.8 Å². The van der Waals surface area contributed by atoms with Crippen LogP contribution in [0.5, 0.6) is 0 Å². The van der Waals surface area contributed by atoms with Crippen molar-refractivity contribution >= 4 is 23.5 Å². The van der Waals surface area contributed by atoms with E-state index in [4.69, 9.17) is 22.4 Å². The van der Waals surface area contributed by atoms with Crippen LogP contribution in [0.4, 0.5) is 0 Å². The number of carbonyl (C=O) groups is 2. The van der Waals surface area contributed by atoms with Gasteiger partial charge in [-0.2, -0.15) is 0 Å². The summed E-state index contributed by atoms with van der Waals surface area (Å²) >= 11 is 5.35. The van der Waals surface area contributed by atoms with Crippen molar-refractivity contribution in [2.24, 2.45) is 5.73 Å². The van der Waals surface area contributed by atoms with Crippen molar-refractivity contribution in [1.82, 2.24) is 10.2 Å². The van der Waals surface area contributed by atoms with E-state index in [9.17, 15) is 9.59 Å². The Morgan fingerprint density at radius 1 is 1.47 bits per heavy atom. The van der Waals surface area contributed by atoms with E-state index in [0.29, 0.717) is 12.8 Å². The van der Waals surface area contributed by atoms with Gasteiger partial charge in [-0.15, -0.1) is 16.8 Å². The smallest absolute Gasteiger partial charge is 0.356 e. The molecule has 0 aliphatic heterocycles. The Kier molecular flexibility index (Phi) is 7.29. The number of carbonyl (C=O) groups excluding carboxylic acids is 1. The molecule has 0 spiro atoms. The summed E-state index contributed by atoms with van der Waals surface area (Å²) in [7, 11) is 0. The Morgan fingerprint density at radius 3 is 2.41 bits per heavy atom. The number of primary amides is 1. The summed E-state index contributed by atoms with van der Waals surface area (Å²) in [4.78, 5) is 20.1. The molecule has 0 unspecified atom stereocenters. The summed E-state index contributed by atoms with van der Waals surface area (Å²) in [6.45, 7) is 3.42. The molecule has 7 heteroatoms. The highest BCUT2D eigenvalue weighted by Crippen LogP contribution is 2.01. The SMILES string of the molecule is C=CCCC(N)=O.O=C(O)c1ccc(Cl)nn1. The molecule has 1 amide bonds. The Hall–Kier alpha value is -1.95. The van der Waals surface area contributed by atoms with Gasteiger partial charge >= 0.3 is 5.97 Å². The molecule has 17 heavy (non-hydrogen) atoms. The highest BCUT2D eigenvalue weighted by molar-refractivity contribution is 6.29. The maximum absolute atomic E-state index is 10.2. The first-order valence-electron chi connectivity index (χ1n) is 4.59. The van der Waals surface area contributed by atoms with Crippen LogP contribution in [0.1, 0.15) is 23.3 Å². The zero-order valence-corrected chi connectivity index (χ0v) is 9.72. The van der Waals surface area contributed by atoms with Crippen LogP contribution in [-0.2, 0) is 4.79 Å². The molecule has 6 nitrogen and oxygen atoms in total. The summed E-state index contributed by atoms with van der Waals surface area (Å²) < 4.78 is 0. The van der Waals surface area contributed by atoms with E-state index in [-0.39, 0.29) is 16.8 Å². The molecule has 1 aromatic rings. The quantitative estimate of drug-likeness (QED) is 0.790. The van der Waals surface area contributed by atoms with Crippen LogP contribution >= 0.6 is 11.6 Å². The average molecular weight is 258 g/mol. The van der Waals surface area contributed by atoms with Crippen LogP contribution in [0, 0.1) is 0 Å². The summed E-state index contributed by atoms with van der Waals surface area (Å²) in [5.74, 6) is -1.37. The zero-order valence-electron chi connectivity index (χ0n) is 8.97. The predicted molar refractivity (Wildman–Crippen MR) is 62.6 cm³/mol. The fraction of sp³-hybridized carbons (Fsp3) is 0.200. The number of aromatic nitrogens is 2. The Labute approximate surface area is 103 Å². The average Bonchev–Trinajstić information content (AvgIpc) is 2.27. The molecule has 0 bridgehead atoms. The first-order valence-corrected chi connectivity index (χ1v) is 4.97. The number of aromatic carboxylic acids is 1. The van der Waals surface area contributed by atoms with Crippen LogP contribution < -0.4 is 5.73 Å². The lowest BCUT2D eigenvalue weighted by Crippen LogP contribution is -2.08. The monoisotopic (exact) mass is 257 g/mol. The van der Waals surface area contributed by atoms with Crippen molar-refractivity contribution in [1.29, 1.82) is 0 Å². The molecule has 0 atom stereocenters. The number of rotatable bonds is 4. The van der Waals surface area contributed by atoms with Gasteiger partial charge in [0.25, 0.3) is 0 Å². The summed E-state index contributed by atoms with van der Waals surface area (Å²) in [5, 5.41) is 15.1. The summed E-state index contributed by atoms with van der Waals surface area (Å²) in [6, 6.07) is 2.66. The van der Waals surface area contributed by atoms with Crippen LogP contribution in [0.3, 0.4) is 0 Å². The molecule has 0 aliphatic rings. The molecule has 0 fully saturated rings. The van der Waals surface area contributed by atoms with Gasteiger partial charge in [0, 0.05) is 6.42 Å². The van der Waals surface area contributed by atoms with Gasteiger partial charge in [-0.1, -0.05) is 17.7 Å². The van der Waals surface area contributed by atoms with Gasteiger partial charge in [-0.25, -0.2) is 4.79 Å². The van der Waals surface area contributed by atoms with Gasteiger partial charge in [0.05, 0.1) is 0 Å². The first-order chi connectivity index (χ1) is 7.97. The van der Waals surface area contributed by atoms with E-state index in [0.717, 1.165) is 0 Å². The Bertz CT molecular complexity index is 392. The lowest BCUT2D eigenvalue weighted by atomic mass is 10.3. The zero-order chi connectivity index (χ0) is 13.3. The normalized spacial score (nSPS) is 8.76. The Balaban J connectivity index is 0.000000325. The molecule has 1 rings (SSSR count). The summed E-state index contributed by atoms with van der Waals surface area (Å²) in [5.41, 5.74) is 4.68. The van der Waals surface area contributed by atoms with Crippen LogP contribution in [0.25, 0.3) is 0 Å². The Morgan fingerprint density at radius 2 is 2.12 bits per heavy atom. The largest absolute Gasteiger partial charge is 0.476 e. The number of allylic oxidation sites excluding steroid dienone is 1. The van der Waals surface area contributed by atoms with Crippen molar-refractivity contribution in [3.63, 3.8) is 0 Å². The van der Waals surface area contributed by atoms with E-state index >= 15 is 0 Å². The van der Waals surface area contributed by atoms with Crippen molar-refractivity contribution in [3.05, 3.63) is 35.6 Å². The van der Waals surface area contributed by atoms with Crippen molar-refractivity contribution < 1.29 is 14.7 Å². The number of halogens is 1. The van der Waals surface area contributed by atoms with Gasteiger partial charge in [0.2, 0.25) is 5.91 Å². The molecule has 92 valence electrons. The maximum atomic E-state index is 10.2. The maximum Gasteiger partial charge on any atom is 0.356 e. The second kappa shape index (κ2) is 8.23. The number of amides is 1. The fourth-order valence-electron chi connectivity index (χ4n) is 0.674. The molecular weight excluding hydrogens is 246 g/mol. The lowest BCUT2D eigenvalue weighted by molar-refractivity contribution is -0.117. The second-order valence-electron chi connectivity index (χ2n) is 2.84. The van der Waals surface area contributed by atoms with Crippen LogP contribution in [0.2, 0.25) is 5.15 Å². The highest BCUT2D eigenvalue weighted by Gasteiger charge is 2.02. The van der Waals surface area contributed by atoms with Gasteiger partial charge in [-0.3, -0.25) is 4.79 Å². The minimum Gasteiger partial charge on any atom is -0.476 e. The fourth-order valence-corrected chi connectivity index (χ4v) is 0.775.